The van der Waals surface area contributed by atoms with Gasteiger partial charge in [-0.3, -0.25) is 4.68 Å². The van der Waals surface area contributed by atoms with Crippen LogP contribution in [0.4, 0.5) is 0 Å². The molecule has 0 unspecified atom stereocenters. The van der Waals surface area contributed by atoms with Gasteiger partial charge in [-0.15, -0.1) is 0 Å². The van der Waals surface area contributed by atoms with Gasteiger partial charge in [0.15, 0.2) is 5.75 Å². The number of nitrogens with zero attached hydrogens (tertiary/aromatic N) is 2. The molecule has 0 aliphatic carbocycles. The molecule has 0 aliphatic heterocycles. The van der Waals surface area contributed by atoms with E-state index >= 15 is 0 Å². The van der Waals surface area contributed by atoms with Gasteiger partial charge in [-0.2, -0.15) is 5.10 Å². The minimum absolute atomic E-state index is 0.430. The Hall–Kier alpha value is -1.75. The maximum absolute atomic E-state index is 5.57. The van der Waals surface area contributed by atoms with E-state index in [9.17, 15) is 0 Å². The molecule has 2 aromatic rings. The van der Waals surface area contributed by atoms with Crippen molar-refractivity contribution in [1.29, 1.82) is 0 Å². The lowest BCUT2D eigenvalue weighted by atomic mass is 10.4. The highest BCUT2D eigenvalue weighted by atomic mass is 16.5. The van der Waals surface area contributed by atoms with E-state index in [-0.39, 0.29) is 0 Å². The fourth-order valence-electron chi connectivity index (χ4n) is 1.52. The molecule has 1 N–H and O–H groups in total. The van der Waals surface area contributed by atoms with Crippen molar-refractivity contribution >= 4 is 0 Å². The van der Waals surface area contributed by atoms with Gasteiger partial charge in [0, 0.05) is 6.54 Å². The third kappa shape index (κ3) is 3.10. The Morgan fingerprint density at radius 1 is 1.41 bits per heavy atom. The topological polar surface area (TPSA) is 52.2 Å². The van der Waals surface area contributed by atoms with Crippen LogP contribution >= 0.6 is 0 Å². The molecule has 0 bridgehead atoms. The van der Waals surface area contributed by atoms with Crippen LogP contribution in [0.2, 0.25) is 0 Å². The van der Waals surface area contributed by atoms with Gasteiger partial charge >= 0.3 is 0 Å². The molecule has 2 aromatic heterocycles. The monoisotopic (exact) mass is 235 g/mol. The van der Waals surface area contributed by atoms with Crippen LogP contribution in [0.1, 0.15) is 18.4 Å². The predicted molar refractivity (Wildman–Crippen MR) is 63.7 cm³/mol. The van der Waals surface area contributed by atoms with Crippen molar-refractivity contribution in [3.05, 3.63) is 36.0 Å². The molecule has 0 saturated heterocycles. The van der Waals surface area contributed by atoms with Gasteiger partial charge in [0.05, 0.1) is 18.9 Å². The van der Waals surface area contributed by atoms with Crippen molar-refractivity contribution < 1.29 is 9.15 Å². The van der Waals surface area contributed by atoms with E-state index in [1.54, 1.807) is 6.20 Å². The largest absolute Gasteiger partial charge is 0.482 e. The van der Waals surface area contributed by atoms with Gasteiger partial charge in [0.2, 0.25) is 0 Å². The second-order valence-corrected chi connectivity index (χ2v) is 3.72. The van der Waals surface area contributed by atoms with E-state index < -0.39 is 0 Å². The smallest absolute Gasteiger partial charge is 0.157 e. The fourth-order valence-corrected chi connectivity index (χ4v) is 1.52. The van der Waals surface area contributed by atoms with Crippen molar-refractivity contribution in [2.75, 3.05) is 7.05 Å². The van der Waals surface area contributed by atoms with Crippen LogP contribution in [-0.2, 0) is 19.7 Å². The van der Waals surface area contributed by atoms with E-state index in [1.807, 2.05) is 37.0 Å². The Kier molecular flexibility index (Phi) is 3.82. The van der Waals surface area contributed by atoms with Crippen molar-refractivity contribution in [3.8, 4) is 5.75 Å². The van der Waals surface area contributed by atoms with Crippen LogP contribution in [0.25, 0.3) is 0 Å². The standard InChI is InChI=1S/C12H17N3O2/c1-3-15-8-12(7-14-15)16-9-11-5-4-10(17-11)6-13-2/h4-5,7-8,13H,3,6,9H2,1-2H3. The first kappa shape index (κ1) is 11.7. The van der Waals surface area contributed by atoms with Crippen LogP contribution < -0.4 is 10.1 Å². The number of ether oxygens (including phenoxy) is 1. The first-order valence-corrected chi connectivity index (χ1v) is 5.69. The minimum atomic E-state index is 0.430. The molecule has 2 heterocycles. The zero-order chi connectivity index (χ0) is 12.1. The number of hydrogen-bond acceptors (Lipinski definition) is 4. The zero-order valence-electron chi connectivity index (χ0n) is 10.1. The highest BCUT2D eigenvalue weighted by Gasteiger charge is 2.03. The Morgan fingerprint density at radius 3 is 2.94 bits per heavy atom. The number of rotatable bonds is 6. The lowest BCUT2D eigenvalue weighted by molar-refractivity contribution is 0.265. The lowest BCUT2D eigenvalue weighted by Gasteiger charge is -2.00. The number of furan rings is 1. The number of nitrogens with one attached hydrogen (secondary N) is 1. The summed E-state index contributed by atoms with van der Waals surface area (Å²) in [5.74, 6) is 2.49. The summed E-state index contributed by atoms with van der Waals surface area (Å²) in [5, 5.41) is 7.17. The summed E-state index contributed by atoms with van der Waals surface area (Å²) >= 11 is 0. The molecule has 0 radical (unpaired) electrons. The summed E-state index contributed by atoms with van der Waals surface area (Å²) in [6, 6.07) is 3.88. The Morgan fingerprint density at radius 2 is 2.24 bits per heavy atom. The zero-order valence-corrected chi connectivity index (χ0v) is 10.1. The molecular weight excluding hydrogens is 218 g/mol. The lowest BCUT2D eigenvalue weighted by Crippen LogP contribution is -2.03. The third-order valence-electron chi connectivity index (χ3n) is 2.38. The molecule has 0 saturated carbocycles. The number of aryl methyl sites for hydroxylation is 1. The number of hydrogen-bond donors (Lipinski definition) is 1. The molecule has 92 valence electrons. The van der Waals surface area contributed by atoms with Gasteiger partial charge in [0.25, 0.3) is 0 Å². The highest BCUT2D eigenvalue weighted by molar-refractivity contribution is 5.13. The fraction of sp³-hybridized carbons (Fsp3) is 0.417. The summed E-state index contributed by atoms with van der Waals surface area (Å²) in [7, 11) is 1.89. The van der Waals surface area contributed by atoms with Crippen molar-refractivity contribution in [1.82, 2.24) is 15.1 Å². The van der Waals surface area contributed by atoms with Gasteiger partial charge in [-0.25, -0.2) is 0 Å². The van der Waals surface area contributed by atoms with Gasteiger partial charge in [-0.05, 0) is 26.1 Å². The van der Waals surface area contributed by atoms with E-state index in [0.717, 1.165) is 30.4 Å². The summed E-state index contributed by atoms with van der Waals surface area (Å²) in [4.78, 5) is 0. The second-order valence-electron chi connectivity index (χ2n) is 3.72. The summed E-state index contributed by atoms with van der Waals surface area (Å²) in [6.07, 6.45) is 3.58. The molecular formula is C12H17N3O2. The summed E-state index contributed by atoms with van der Waals surface area (Å²) in [6.45, 7) is 4.04. The predicted octanol–water partition coefficient (Wildman–Crippen LogP) is 1.79. The Balaban J connectivity index is 1.88. The average Bonchev–Trinajstić information content (AvgIpc) is 2.95. The van der Waals surface area contributed by atoms with Crippen LogP contribution in [0.15, 0.2) is 28.9 Å². The van der Waals surface area contributed by atoms with Crippen LogP contribution in [0.3, 0.4) is 0 Å². The Labute approximate surface area is 100 Å². The van der Waals surface area contributed by atoms with Gasteiger partial charge in [-0.1, -0.05) is 0 Å². The van der Waals surface area contributed by atoms with Crippen LogP contribution in [-0.4, -0.2) is 16.8 Å². The maximum Gasteiger partial charge on any atom is 0.157 e. The Bertz CT molecular complexity index is 462. The maximum atomic E-state index is 5.57. The van der Waals surface area contributed by atoms with Crippen molar-refractivity contribution in [2.24, 2.45) is 0 Å². The molecule has 0 aromatic carbocycles. The molecule has 17 heavy (non-hydrogen) atoms. The van der Waals surface area contributed by atoms with Crippen LogP contribution in [0, 0.1) is 0 Å². The van der Waals surface area contributed by atoms with Gasteiger partial charge in [0.1, 0.15) is 18.1 Å². The minimum Gasteiger partial charge on any atom is -0.482 e. The van der Waals surface area contributed by atoms with E-state index in [4.69, 9.17) is 9.15 Å². The number of aromatic nitrogens is 2. The van der Waals surface area contributed by atoms with Crippen molar-refractivity contribution in [3.63, 3.8) is 0 Å². The first-order chi connectivity index (χ1) is 8.31. The molecule has 0 fully saturated rings. The van der Waals surface area contributed by atoms with Crippen LogP contribution in [0.5, 0.6) is 5.75 Å². The molecule has 0 spiro atoms. The first-order valence-electron chi connectivity index (χ1n) is 5.69. The molecule has 0 atom stereocenters. The molecule has 5 nitrogen and oxygen atoms in total. The van der Waals surface area contributed by atoms with Crippen molar-refractivity contribution in [2.45, 2.75) is 26.6 Å². The second kappa shape index (κ2) is 5.54. The SMILES string of the molecule is CCn1cc(OCc2ccc(CNC)o2)cn1. The molecule has 5 heteroatoms. The summed E-state index contributed by atoms with van der Waals surface area (Å²) in [5.41, 5.74) is 0. The quantitative estimate of drug-likeness (QED) is 0.829. The van der Waals surface area contributed by atoms with E-state index in [2.05, 4.69) is 10.4 Å². The molecule has 0 amide bonds. The van der Waals surface area contributed by atoms with Gasteiger partial charge < -0.3 is 14.5 Å². The molecule has 0 aliphatic rings. The molecule has 2 rings (SSSR count). The normalized spacial score (nSPS) is 10.7. The summed E-state index contributed by atoms with van der Waals surface area (Å²) < 4.78 is 13.0. The third-order valence-corrected chi connectivity index (χ3v) is 2.38. The van der Waals surface area contributed by atoms with E-state index in [1.165, 1.54) is 0 Å². The average molecular weight is 235 g/mol. The highest BCUT2D eigenvalue weighted by Crippen LogP contribution is 2.13. The van der Waals surface area contributed by atoms with E-state index in [0.29, 0.717) is 6.61 Å².